The Morgan fingerprint density at radius 2 is 1.72 bits per heavy atom. The normalized spacial score (nSPS) is 13.9. The van der Waals surface area contributed by atoms with Crippen LogP contribution in [0.1, 0.15) is 37.4 Å². The van der Waals surface area contributed by atoms with E-state index in [1.165, 1.54) is 35.2 Å². The number of fused-ring (bicyclic) bond motifs is 2. The van der Waals surface area contributed by atoms with Gasteiger partial charge >= 0.3 is 0 Å². The Kier molecular flexibility index (Phi) is 6.12. The van der Waals surface area contributed by atoms with Crippen molar-refractivity contribution < 1.29 is 18.0 Å². The van der Waals surface area contributed by atoms with Gasteiger partial charge in [0.1, 0.15) is 0 Å². The summed E-state index contributed by atoms with van der Waals surface area (Å²) in [5, 5.41) is 2.83. The van der Waals surface area contributed by atoms with E-state index in [2.05, 4.69) is 10.3 Å². The average molecular weight is 498 g/mol. The van der Waals surface area contributed by atoms with E-state index in [4.69, 9.17) is 0 Å². The fourth-order valence-electron chi connectivity index (χ4n) is 4.28. The molecular weight excluding hydrogens is 474 g/mol. The van der Waals surface area contributed by atoms with Gasteiger partial charge in [-0.3, -0.25) is 14.6 Å². The Hall–Kier alpha value is -4.30. The smallest absolute Gasteiger partial charge is 0.259 e. The maximum Gasteiger partial charge on any atom is 0.259 e. The number of anilines is 1. The number of hydrogen-bond donors (Lipinski definition) is 1. The van der Waals surface area contributed by atoms with Crippen LogP contribution in [0.5, 0.6) is 0 Å². The summed E-state index contributed by atoms with van der Waals surface area (Å²) < 4.78 is 27.2. The molecule has 4 aromatic rings. The van der Waals surface area contributed by atoms with Gasteiger partial charge < -0.3 is 10.2 Å². The van der Waals surface area contributed by atoms with Crippen LogP contribution in [0.15, 0.2) is 101 Å². The maximum atomic E-state index is 13.7. The highest BCUT2D eigenvalue weighted by atomic mass is 32.2. The molecule has 0 saturated heterocycles. The Morgan fingerprint density at radius 1 is 0.917 bits per heavy atom. The first-order valence-electron chi connectivity index (χ1n) is 11.4. The van der Waals surface area contributed by atoms with Gasteiger partial charge in [-0.1, -0.05) is 48.0 Å². The van der Waals surface area contributed by atoms with Crippen LogP contribution in [-0.4, -0.2) is 25.2 Å². The molecule has 3 aromatic carbocycles. The van der Waals surface area contributed by atoms with Gasteiger partial charge in [-0.25, -0.2) is 8.42 Å². The van der Waals surface area contributed by atoms with Crippen molar-refractivity contribution in [1.29, 1.82) is 0 Å². The maximum absolute atomic E-state index is 13.7. The molecule has 0 bridgehead atoms. The van der Waals surface area contributed by atoms with Crippen LogP contribution in [0, 0.1) is 6.92 Å². The number of benzene rings is 3. The van der Waals surface area contributed by atoms with Gasteiger partial charge in [-0.15, -0.1) is 0 Å². The van der Waals surface area contributed by atoms with Crippen molar-refractivity contribution in [3.8, 4) is 0 Å². The summed E-state index contributed by atoms with van der Waals surface area (Å²) in [5.74, 6) is -0.828. The van der Waals surface area contributed by atoms with Gasteiger partial charge in [-0.2, -0.15) is 0 Å². The van der Waals surface area contributed by atoms with E-state index >= 15 is 0 Å². The quantitative estimate of drug-likeness (QED) is 0.443. The van der Waals surface area contributed by atoms with Crippen LogP contribution in [0.3, 0.4) is 0 Å². The summed E-state index contributed by atoms with van der Waals surface area (Å²) in [7, 11) is -4.00. The van der Waals surface area contributed by atoms with Gasteiger partial charge in [0.15, 0.2) is 0 Å². The number of pyridine rings is 1. The van der Waals surface area contributed by atoms with Crippen LogP contribution in [0.25, 0.3) is 0 Å². The topological polar surface area (TPSA) is 96.4 Å². The summed E-state index contributed by atoms with van der Waals surface area (Å²) in [6.45, 7) is 2.36. The largest absolute Gasteiger partial charge is 0.348 e. The molecule has 7 nitrogen and oxygen atoms in total. The molecule has 0 spiro atoms. The third-order valence-electron chi connectivity index (χ3n) is 6.05. The molecular formula is C28H23N3O4S. The minimum absolute atomic E-state index is 0.0164. The number of rotatable bonds is 5. The van der Waals surface area contributed by atoms with Crippen molar-refractivity contribution in [1.82, 2.24) is 10.3 Å². The van der Waals surface area contributed by atoms with Crippen molar-refractivity contribution >= 4 is 27.3 Å². The molecule has 1 N–H and O–H groups in total. The Bertz CT molecular complexity index is 1580. The summed E-state index contributed by atoms with van der Waals surface area (Å²) in [6, 6.07) is 21.8. The van der Waals surface area contributed by atoms with E-state index in [-0.39, 0.29) is 45.6 Å². The molecule has 0 aliphatic carbocycles. The van der Waals surface area contributed by atoms with Gasteiger partial charge in [-0.05, 0) is 54.4 Å². The Labute approximate surface area is 209 Å². The van der Waals surface area contributed by atoms with Gasteiger partial charge in [0, 0.05) is 24.5 Å². The van der Waals surface area contributed by atoms with Crippen molar-refractivity contribution in [3.63, 3.8) is 0 Å². The number of carbonyl (C=O) groups excluding carboxylic acids is 2. The second kappa shape index (κ2) is 9.39. The highest BCUT2D eigenvalue weighted by molar-refractivity contribution is 7.91. The molecule has 0 atom stereocenters. The summed E-state index contributed by atoms with van der Waals surface area (Å²) in [4.78, 5) is 32.1. The number of aromatic nitrogens is 1. The van der Waals surface area contributed by atoms with Gasteiger partial charge in [0.05, 0.1) is 27.6 Å². The number of amides is 2. The molecule has 0 fully saturated rings. The SMILES string of the molecule is Cc1cccc(CN2C(=O)c3ccccc3S(=O)(=O)c3ccc(C(=O)NCc4cccnc4)cc32)c1. The number of nitrogens with one attached hydrogen (secondary N) is 1. The average Bonchev–Trinajstić information content (AvgIpc) is 2.96. The molecule has 2 amide bonds. The zero-order valence-corrected chi connectivity index (χ0v) is 20.3. The zero-order valence-electron chi connectivity index (χ0n) is 19.5. The van der Waals surface area contributed by atoms with E-state index in [9.17, 15) is 18.0 Å². The third-order valence-corrected chi connectivity index (χ3v) is 7.91. The number of nitrogens with zero attached hydrogens (tertiary/aromatic N) is 2. The molecule has 0 unspecified atom stereocenters. The van der Waals surface area contributed by atoms with Crippen LogP contribution in [0.4, 0.5) is 5.69 Å². The van der Waals surface area contributed by atoms with Crippen LogP contribution in [0.2, 0.25) is 0 Å². The predicted octanol–water partition coefficient (Wildman–Crippen LogP) is 4.31. The Morgan fingerprint density at radius 3 is 2.50 bits per heavy atom. The summed E-state index contributed by atoms with van der Waals surface area (Å²) >= 11 is 0. The van der Waals surface area contributed by atoms with E-state index in [1.807, 2.05) is 37.3 Å². The molecule has 1 aliphatic rings. The van der Waals surface area contributed by atoms with Crippen molar-refractivity contribution in [3.05, 3.63) is 119 Å². The fourth-order valence-corrected chi connectivity index (χ4v) is 5.92. The van der Waals surface area contributed by atoms with Crippen molar-refractivity contribution in [2.75, 3.05) is 4.90 Å². The standard InChI is InChI=1S/C28H23N3O4S/c1-19-6-4-7-20(14-19)18-31-24-15-22(27(32)30-17-21-8-5-13-29-16-21)11-12-26(24)36(34,35)25-10-3-2-9-23(25)28(31)33/h2-16H,17-18H2,1H3,(H,30,32). The molecule has 8 heteroatoms. The lowest BCUT2D eigenvalue weighted by molar-refractivity contribution is 0.0947. The predicted molar refractivity (Wildman–Crippen MR) is 135 cm³/mol. The van der Waals surface area contributed by atoms with E-state index < -0.39 is 15.7 Å². The summed E-state index contributed by atoms with van der Waals surface area (Å²) in [6.07, 6.45) is 3.30. The number of carbonyl (C=O) groups is 2. The monoisotopic (exact) mass is 497 g/mol. The molecule has 36 heavy (non-hydrogen) atoms. The number of aryl methyl sites for hydroxylation is 1. The Balaban J connectivity index is 1.59. The molecule has 0 radical (unpaired) electrons. The number of sulfone groups is 1. The van der Waals surface area contributed by atoms with Crippen LogP contribution < -0.4 is 10.2 Å². The molecule has 2 heterocycles. The van der Waals surface area contributed by atoms with Crippen LogP contribution in [-0.2, 0) is 22.9 Å². The molecule has 0 saturated carbocycles. The number of hydrogen-bond acceptors (Lipinski definition) is 5. The molecule has 1 aromatic heterocycles. The zero-order chi connectivity index (χ0) is 25.3. The van der Waals surface area contributed by atoms with Crippen LogP contribution >= 0.6 is 0 Å². The first-order valence-corrected chi connectivity index (χ1v) is 12.9. The van der Waals surface area contributed by atoms with Gasteiger partial charge in [0.25, 0.3) is 11.8 Å². The molecule has 5 rings (SSSR count). The summed E-state index contributed by atoms with van der Waals surface area (Å²) in [5.41, 5.74) is 3.22. The van der Waals surface area contributed by atoms with Crippen molar-refractivity contribution in [2.45, 2.75) is 29.8 Å². The highest BCUT2D eigenvalue weighted by Crippen LogP contribution is 2.38. The first-order chi connectivity index (χ1) is 17.3. The minimum Gasteiger partial charge on any atom is -0.348 e. The third kappa shape index (κ3) is 4.38. The second-order valence-corrected chi connectivity index (χ2v) is 10.5. The van der Waals surface area contributed by atoms with Crippen molar-refractivity contribution in [2.24, 2.45) is 0 Å². The molecule has 1 aliphatic heterocycles. The lowest BCUT2D eigenvalue weighted by atomic mass is 10.1. The van der Waals surface area contributed by atoms with E-state index in [0.717, 1.165) is 16.7 Å². The lowest BCUT2D eigenvalue weighted by Gasteiger charge is -2.24. The van der Waals surface area contributed by atoms with E-state index in [0.29, 0.717) is 0 Å². The molecule has 180 valence electrons. The second-order valence-electron chi connectivity index (χ2n) is 8.61. The lowest BCUT2D eigenvalue weighted by Crippen LogP contribution is -2.31. The first kappa shape index (κ1) is 23.4. The van der Waals surface area contributed by atoms with E-state index in [1.54, 1.807) is 30.6 Å². The van der Waals surface area contributed by atoms with Gasteiger partial charge in [0.2, 0.25) is 9.84 Å². The fraction of sp³-hybridized carbons (Fsp3) is 0.107. The highest BCUT2D eigenvalue weighted by Gasteiger charge is 2.36. The minimum atomic E-state index is -4.00.